The van der Waals surface area contributed by atoms with E-state index < -0.39 is 18.0 Å². The Morgan fingerprint density at radius 3 is 2.85 bits per heavy atom. The molecule has 0 saturated carbocycles. The van der Waals surface area contributed by atoms with Crippen LogP contribution >= 0.6 is 0 Å². The van der Waals surface area contributed by atoms with Crippen LogP contribution in [0, 0.1) is 0 Å². The van der Waals surface area contributed by atoms with Gasteiger partial charge >= 0.3 is 0 Å². The van der Waals surface area contributed by atoms with Gasteiger partial charge in [-0.1, -0.05) is 6.08 Å². The van der Waals surface area contributed by atoms with Gasteiger partial charge in [0.15, 0.2) is 0 Å². The molecule has 1 heterocycles. The largest absolute Gasteiger partial charge is 0.394 e. The average Bonchev–Trinajstić information content (AvgIpc) is 2.41. The zero-order valence-electron chi connectivity index (χ0n) is 7.22. The Labute approximate surface area is 76.2 Å². The highest BCUT2D eigenvalue weighted by molar-refractivity contribution is 4.90. The van der Waals surface area contributed by atoms with Crippen molar-refractivity contribution in [3.05, 3.63) is 12.7 Å². The summed E-state index contributed by atoms with van der Waals surface area (Å²) < 4.78 is 9.85. The van der Waals surface area contributed by atoms with Gasteiger partial charge in [-0.05, 0) is 0 Å². The third-order valence-corrected chi connectivity index (χ3v) is 1.95. The molecule has 0 aromatic carbocycles. The lowest BCUT2D eigenvalue weighted by molar-refractivity contribution is -0.233. The van der Waals surface area contributed by atoms with Crippen LogP contribution in [0.15, 0.2) is 12.7 Å². The van der Waals surface area contributed by atoms with Crippen LogP contribution in [-0.2, 0) is 9.47 Å². The maximum atomic E-state index is 9.64. The van der Waals surface area contributed by atoms with Gasteiger partial charge in [-0.15, -0.1) is 6.58 Å². The first kappa shape index (κ1) is 10.6. The Kier molecular flexibility index (Phi) is 3.40. The van der Waals surface area contributed by atoms with Gasteiger partial charge in [0.1, 0.15) is 18.8 Å². The Bertz CT molecular complexity index is 183. The molecule has 0 aromatic heterocycles. The zero-order valence-corrected chi connectivity index (χ0v) is 7.22. The van der Waals surface area contributed by atoms with Crippen LogP contribution in [0.25, 0.3) is 0 Å². The summed E-state index contributed by atoms with van der Waals surface area (Å²) in [4.78, 5) is 0. The first-order valence-electron chi connectivity index (χ1n) is 4.02. The van der Waals surface area contributed by atoms with E-state index in [-0.39, 0.29) is 19.8 Å². The lowest BCUT2D eigenvalue weighted by Crippen LogP contribution is -2.47. The van der Waals surface area contributed by atoms with Crippen molar-refractivity contribution < 1.29 is 24.8 Å². The Morgan fingerprint density at radius 2 is 2.38 bits per heavy atom. The van der Waals surface area contributed by atoms with E-state index in [1.165, 1.54) is 6.08 Å². The molecule has 1 aliphatic rings. The maximum absolute atomic E-state index is 9.64. The molecular weight excluding hydrogens is 176 g/mol. The Balaban J connectivity index is 2.54. The molecule has 76 valence electrons. The predicted octanol–water partition coefficient (Wildman–Crippen LogP) is -1.37. The summed E-state index contributed by atoms with van der Waals surface area (Å²) in [5, 5.41) is 27.8. The summed E-state index contributed by atoms with van der Waals surface area (Å²) in [6.45, 7) is 3.04. The normalized spacial score (nSPS) is 39.3. The second kappa shape index (κ2) is 4.17. The van der Waals surface area contributed by atoms with Gasteiger partial charge in [0, 0.05) is 0 Å². The standard InChI is InChI=1S/C8H14O5/c1-2-3-13-8(11)5-12-6(4-9)7(8)10/h2,6-7,9-11H,1,3-5H2. The molecule has 0 aliphatic carbocycles. The van der Waals surface area contributed by atoms with E-state index in [1.807, 2.05) is 0 Å². The van der Waals surface area contributed by atoms with E-state index in [1.54, 1.807) is 0 Å². The zero-order chi connectivity index (χ0) is 9.90. The van der Waals surface area contributed by atoms with Crippen LogP contribution in [0.2, 0.25) is 0 Å². The van der Waals surface area contributed by atoms with Crippen LogP contribution < -0.4 is 0 Å². The molecule has 1 rings (SSSR count). The Hall–Kier alpha value is -0.460. The van der Waals surface area contributed by atoms with Crippen molar-refractivity contribution in [2.45, 2.75) is 18.0 Å². The van der Waals surface area contributed by atoms with Crippen LogP contribution in [0.3, 0.4) is 0 Å². The Morgan fingerprint density at radius 1 is 1.69 bits per heavy atom. The molecule has 0 amide bonds. The maximum Gasteiger partial charge on any atom is 0.219 e. The third-order valence-electron chi connectivity index (χ3n) is 1.95. The van der Waals surface area contributed by atoms with Crippen molar-refractivity contribution in [1.29, 1.82) is 0 Å². The van der Waals surface area contributed by atoms with Crippen molar-refractivity contribution in [2.24, 2.45) is 0 Å². The van der Waals surface area contributed by atoms with Gasteiger partial charge < -0.3 is 24.8 Å². The molecule has 1 aliphatic heterocycles. The van der Waals surface area contributed by atoms with Crippen molar-refractivity contribution >= 4 is 0 Å². The molecule has 0 bridgehead atoms. The first-order valence-corrected chi connectivity index (χ1v) is 4.02. The van der Waals surface area contributed by atoms with Gasteiger partial charge in [0.2, 0.25) is 5.79 Å². The highest BCUT2D eigenvalue weighted by atomic mass is 16.7. The molecule has 5 nitrogen and oxygen atoms in total. The molecule has 0 spiro atoms. The quantitative estimate of drug-likeness (QED) is 0.376. The minimum atomic E-state index is -1.72. The summed E-state index contributed by atoms with van der Waals surface area (Å²) in [7, 11) is 0. The topological polar surface area (TPSA) is 79.2 Å². The number of hydrogen-bond acceptors (Lipinski definition) is 5. The third kappa shape index (κ3) is 2.07. The van der Waals surface area contributed by atoms with Crippen molar-refractivity contribution in [2.75, 3.05) is 19.8 Å². The van der Waals surface area contributed by atoms with Crippen molar-refractivity contribution in [3.63, 3.8) is 0 Å². The van der Waals surface area contributed by atoms with Gasteiger partial charge in [-0.3, -0.25) is 0 Å². The summed E-state index contributed by atoms with van der Waals surface area (Å²) in [6, 6.07) is 0. The minimum Gasteiger partial charge on any atom is -0.394 e. The van der Waals surface area contributed by atoms with Crippen molar-refractivity contribution in [3.8, 4) is 0 Å². The van der Waals surface area contributed by atoms with Crippen LogP contribution in [0.5, 0.6) is 0 Å². The molecule has 1 saturated heterocycles. The van der Waals surface area contributed by atoms with Crippen LogP contribution in [0.4, 0.5) is 0 Å². The smallest absolute Gasteiger partial charge is 0.219 e. The lowest BCUT2D eigenvalue weighted by Gasteiger charge is -2.25. The van der Waals surface area contributed by atoms with Crippen LogP contribution in [0.1, 0.15) is 0 Å². The molecule has 5 heteroatoms. The molecule has 0 radical (unpaired) electrons. The number of rotatable bonds is 4. The molecule has 3 N–H and O–H groups in total. The van der Waals surface area contributed by atoms with Crippen LogP contribution in [-0.4, -0.2) is 53.1 Å². The molecule has 13 heavy (non-hydrogen) atoms. The predicted molar refractivity (Wildman–Crippen MR) is 43.9 cm³/mol. The van der Waals surface area contributed by atoms with Gasteiger partial charge in [0.05, 0.1) is 13.2 Å². The fourth-order valence-corrected chi connectivity index (χ4v) is 1.18. The number of aliphatic hydroxyl groups is 3. The van der Waals surface area contributed by atoms with E-state index >= 15 is 0 Å². The SMILES string of the molecule is C=CCOC1(O)COC(CO)C1O. The average molecular weight is 190 g/mol. The minimum absolute atomic E-state index is 0.120. The van der Waals surface area contributed by atoms with Gasteiger partial charge in [0.25, 0.3) is 0 Å². The number of aliphatic hydroxyl groups excluding tert-OH is 2. The summed E-state index contributed by atoms with van der Waals surface area (Å²) in [5.74, 6) is -1.72. The number of hydrogen-bond donors (Lipinski definition) is 3. The summed E-state index contributed by atoms with van der Waals surface area (Å²) in [5.41, 5.74) is 0. The van der Waals surface area contributed by atoms with Gasteiger partial charge in [-0.25, -0.2) is 0 Å². The van der Waals surface area contributed by atoms with E-state index in [4.69, 9.17) is 14.6 Å². The molecule has 1 fully saturated rings. The van der Waals surface area contributed by atoms with Crippen molar-refractivity contribution in [1.82, 2.24) is 0 Å². The molecular formula is C8H14O5. The van der Waals surface area contributed by atoms with E-state index in [0.29, 0.717) is 0 Å². The second-order valence-electron chi connectivity index (χ2n) is 2.92. The summed E-state index contributed by atoms with van der Waals surface area (Å²) >= 11 is 0. The first-order chi connectivity index (χ1) is 6.14. The molecule has 0 aromatic rings. The monoisotopic (exact) mass is 190 g/mol. The molecule has 3 atom stereocenters. The fourth-order valence-electron chi connectivity index (χ4n) is 1.18. The lowest BCUT2D eigenvalue weighted by atomic mass is 10.1. The van der Waals surface area contributed by atoms with E-state index in [2.05, 4.69) is 6.58 Å². The van der Waals surface area contributed by atoms with E-state index in [9.17, 15) is 10.2 Å². The van der Waals surface area contributed by atoms with Gasteiger partial charge in [-0.2, -0.15) is 0 Å². The highest BCUT2D eigenvalue weighted by Gasteiger charge is 2.48. The summed E-state index contributed by atoms with van der Waals surface area (Å²) in [6.07, 6.45) is -0.552. The van der Waals surface area contributed by atoms with E-state index in [0.717, 1.165) is 0 Å². The number of ether oxygens (including phenoxy) is 2. The second-order valence-corrected chi connectivity index (χ2v) is 2.92. The molecule has 3 unspecified atom stereocenters. The fraction of sp³-hybridized carbons (Fsp3) is 0.750. The highest BCUT2D eigenvalue weighted by Crippen LogP contribution is 2.25.